The second kappa shape index (κ2) is 14.1. The third-order valence-corrected chi connectivity index (χ3v) is 9.15. The summed E-state index contributed by atoms with van der Waals surface area (Å²) >= 11 is 0. The molecule has 0 spiro atoms. The molecule has 0 fully saturated rings. The first kappa shape index (κ1) is 34.1. The topological polar surface area (TPSA) is 51.0 Å². The molecule has 8 aromatic rings. The molecule has 4 heterocycles. The van der Waals surface area contributed by atoms with Crippen LogP contribution in [0.15, 0.2) is 138 Å². The molecule has 0 aliphatic carbocycles. The van der Waals surface area contributed by atoms with Crippen molar-refractivity contribution in [2.75, 3.05) is 5.32 Å². The number of nitrogens with one attached hydrogen (secondary N) is 1. The van der Waals surface area contributed by atoms with Crippen molar-refractivity contribution < 1.29 is 24.5 Å². The number of pyridine rings is 2. The molecule has 1 N–H and O–H groups in total. The van der Waals surface area contributed by atoms with Gasteiger partial charge in [0.15, 0.2) is 0 Å². The summed E-state index contributed by atoms with van der Waals surface area (Å²) in [4.78, 5) is 8.93. The zero-order chi connectivity index (χ0) is 34.2. The molecule has 1 aliphatic heterocycles. The zero-order valence-corrected chi connectivity index (χ0v) is 31.4. The van der Waals surface area contributed by atoms with Gasteiger partial charge in [-0.1, -0.05) is 86.5 Å². The maximum absolute atomic E-state index is 6.45. The van der Waals surface area contributed by atoms with Crippen LogP contribution in [-0.2, 0) is 26.5 Å². The first-order chi connectivity index (χ1) is 24.3. The van der Waals surface area contributed by atoms with Gasteiger partial charge in [-0.2, -0.15) is 0 Å². The minimum atomic E-state index is 0. The van der Waals surface area contributed by atoms with Gasteiger partial charge in [0.25, 0.3) is 0 Å². The SMILES string of the molecule is Cc1c2cccc1-c1c(ccc3c1oc1ccccc13)Nc1c[c-]c(-c3cc(CC(C)(C)C)ccn3)cc1-2.[Ir].[c-]1ccccc1-c1ccccn1. The Morgan fingerprint density at radius 1 is 0.667 bits per heavy atom. The molecule has 0 saturated carbocycles. The van der Waals surface area contributed by atoms with Crippen molar-refractivity contribution in [1.82, 2.24) is 9.97 Å². The molecule has 253 valence electrons. The number of furan rings is 1. The van der Waals surface area contributed by atoms with E-state index in [2.05, 4.69) is 117 Å². The monoisotopic (exact) mass is 840 g/mol. The average molecular weight is 840 g/mol. The van der Waals surface area contributed by atoms with Gasteiger partial charge in [0.05, 0.1) is 0 Å². The fraction of sp³-hybridized carbons (Fsp3) is 0.130. The van der Waals surface area contributed by atoms with E-state index in [1.807, 2.05) is 60.8 Å². The molecule has 51 heavy (non-hydrogen) atoms. The third kappa shape index (κ3) is 6.88. The van der Waals surface area contributed by atoms with Crippen LogP contribution >= 0.6 is 0 Å². The van der Waals surface area contributed by atoms with Crippen LogP contribution in [0.1, 0.15) is 31.9 Å². The molecular weight excluding hydrogens is 803 g/mol. The number of rotatable bonds is 3. The Bertz CT molecular complexity index is 2440. The molecule has 1 radical (unpaired) electrons. The first-order valence-electron chi connectivity index (χ1n) is 17.0. The molecule has 1 aliphatic rings. The molecular formula is C46H37IrN3O-2. The second-order valence-corrected chi connectivity index (χ2v) is 14.0. The number of anilines is 2. The van der Waals surface area contributed by atoms with E-state index in [9.17, 15) is 0 Å². The van der Waals surface area contributed by atoms with Crippen molar-refractivity contribution >= 4 is 33.3 Å². The van der Waals surface area contributed by atoms with Crippen molar-refractivity contribution in [3.63, 3.8) is 0 Å². The molecule has 0 saturated heterocycles. The van der Waals surface area contributed by atoms with Crippen LogP contribution < -0.4 is 5.32 Å². The van der Waals surface area contributed by atoms with Gasteiger partial charge in [-0.15, -0.1) is 59.7 Å². The van der Waals surface area contributed by atoms with E-state index in [1.54, 1.807) is 6.20 Å². The van der Waals surface area contributed by atoms with E-state index in [1.165, 1.54) is 22.3 Å². The number of hydrogen-bond acceptors (Lipinski definition) is 4. The summed E-state index contributed by atoms with van der Waals surface area (Å²) in [7, 11) is 0. The summed E-state index contributed by atoms with van der Waals surface area (Å²) in [5.41, 5.74) is 15.2. The maximum Gasteiger partial charge on any atom is 0.145 e. The molecule has 5 heteroatoms. The summed E-state index contributed by atoms with van der Waals surface area (Å²) in [5, 5.41) is 6.00. The van der Waals surface area contributed by atoms with Crippen LogP contribution in [-0.4, -0.2) is 9.97 Å². The van der Waals surface area contributed by atoms with Gasteiger partial charge in [0.2, 0.25) is 0 Å². The van der Waals surface area contributed by atoms with Gasteiger partial charge in [-0.05, 0) is 82.9 Å². The van der Waals surface area contributed by atoms with Crippen molar-refractivity contribution in [3.8, 4) is 44.8 Å². The molecule has 5 aromatic carbocycles. The molecule has 0 amide bonds. The van der Waals surface area contributed by atoms with Crippen LogP contribution in [0, 0.1) is 24.5 Å². The predicted molar refractivity (Wildman–Crippen MR) is 206 cm³/mol. The number of benzene rings is 5. The van der Waals surface area contributed by atoms with E-state index in [0.29, 0.717) is 0 Å². The van der Waals surface area contributed by atoms with Gasteiger partial charge in [0, 0.05) is 54.5 Å². The van der Waals surface area contributed by atoms with Crippen LogP contribution in [0.3, 0.4) is 0 Å². The standard InChI is InChI=1S/C35H29N2O.C11H8N.Ir/c1-21-24-9-7-10-25(21)33-30(15-13-27-26-8-5-6-11-32(26)38-34(27)33)37-29-14-12-23(19-28(24)29)31-18-22(16-17-36-31)20-35(2,3)4;1-2-6-10(7-3-1)11-8-4-5-9-12-11;/h5-11,13-19,37H,20H2,1-4H3;1-6,8-9H;/q2*-1;. The number of aromatic nitrogens is 2. The molecule has 9 rings (SSSR count). The Hall–Kier alpha value is -5.35. The van der Waals surface area contributed by atoms with E-state index in [-0.39, 0.29) is 25.5 Å². The summed E-state index contributed by atoms with van der Waals surface area (Å²) < 4.78 is 6.45. The molecule has 0 unspecified atom stereocenters. The molecule has 3 aromatic heterocycles. The van der Waals surface area contributed by atoms with E-state index >= 15 is 0 Å². The van der Waals surface area contributed by atoms with Gasteiger partial charge in [-0.25, -0.2) is 0 Å². The number of fused-ring (bicyclic) bond motifs is 10. The fourth-order valence-corrected chi connectivity index (χ4v) is 6.89. The number of hydrogen-bond donors (Lipinski definition) is 1. The van der Waals surface area contributed by atoms with Crippen molar-refractivity contribution in [3.05, 3.63) is 157 Å². The van der Waals surface area contributed by atoms with E-state index < -0.39 is 0 Å². The van der Waals surface area contributed by atoms with Crippen LogP contribution in [0.5, 0.6) is 0 Å². The minimum absolute atomic E-state index is 0. The Morgan fingerprint density at radius 2 is 1.47 bits per heavy atom. The van der Waals surface area contributed by atoms with E-state index in [4.69, 9.17) is 9.40 Å². The van der Waals surface area contributed by atoms with Crippen molar-refractivity contribution in [2.24, 2.45) is 5.41 Å². The van der Waals surface area contributed by atoms with Gasteiger partial charge in [0.1, 0.15) is 11.2 Å². The fourth-order valence-electron chi connectivity index (χ4n) is 6.89. The second-order valence-electron chi connectivity index (χ2n) is 14.0. The Balaban J connectivity index is 0.000000265. The smallest absolute Gasteiger partial charge is 0.145 e. The van der Waals surface area contributed by atoms with Gasteiger partial charge < -0.3 is 19.7 Å². The molecule has 2 bridgehead atoms. The largest absolute Gasteiger partial charge is 0.455 e. The number of nitrogens with zero attached hydrogens (tertiary/aromatic N) is 2. The molecule has 0 atom stereocenters. The van der Waals surface area contributed by atoms with Crippen LogP contribution in [0.2, 0.25) is 0 Å². The predicted octanol–water partition coefficient (Wildman–Crippen LogP) is 12.3. The van der Waals surface area contributed by atoms with Crippen LogP contribution in [0.4, 0.5) is 11.4 Å². The summed E-state index contributed by atoms with van der Waals surface area (Å²) in [6, 6.07) is 48.1. The van der Waals surface area contributed by atoms with Gasteiger partial charge >= 0.3 is 0 Å². The average Bonchev–Trinajstić information content (AvgIpc) is 3.51. The van der Waals surface area contributed by atoms with Crippen molar-refractivity contribution in [2.45, 2.75) is 34.1 Å². The maximum atomic E-state index is 6.45. The quantitative estimate of drug-likeness (QED) is 0.180. The summed E-state index contributed by atoms with van der Waals surface area (Å²) in [6.07, 6.45) is 4.71. The Morgan fingerprint density at radius 3 is 2.27 bits per heavy atom. The number of para-hydroxylation sites is 1. The van der Waals surface area contributed by atoms with Crippen LogP contribution in [0.25, 0.3) is 66.7 Å². The minimum Gasteiger partial charge on any atom is -0.455 e. The first-order valence-corrected chi connectivity index (χ1v) is 17.0. The van der Waals surface area contributed by atoms with E-state index in [0.717, 1.165) is 73.4 Å². The normalized spacial score (nSPS) is 11.6. The Kier molecular flexibility index (Phi) is 9.44. The Labute approximate surface area is 313 Å². The summed E-state index contributed by atoms with van der Waals surface area (Å²) in [6.45, 7) is 9.01. The van der Waals surface area contributed by atoms with Crippen molar-refractivity contribution in [1.29, 1.82) is 0 Å². The van der Waals surface area contributed by atoms with Gasteiger partial charge in [-0.3, -0.25) is 0 Å². The molecule has 4 nitrogen and oxygen atoms in total. The zero-order valence-electron chi connectivity index (χ0n) is 29.0. The summed E-state index contributed by atoms with van der Waals surface area (Å²) in [5.74, 6) is 0. The third-order valence-electron chi connectivity index (χ3n) is 9.15.